The number of nitrogens with zero attached hydrogens (tertiary/aromatic N) is 1. The van der Waals surface area contributed by atoms with Crippen LogP contribution >= 0.6 is 0 Å². The third-order valence-electron chi connectivity index (χ3n) is 4.77. The van der Waals surface area contributed by atoms with Crippen molar-refractivity contribution < 1.29 is 23.0 Å². The van der Waals surface area contributed by atoms with Crippen LogP contribution in [-0.4, -0.2) is 32.4 Å². The molecule has 2 aromatic rings. The van der Waals surface area contributed by atoms with E-state index >= 15 is 0 Å². The molecule has 1 aliphatic rings. The average Bonchev–Trinajstić information content (AvgIpc) is 2.72. The standard InChI is InChI=1S/C18H19F2NO.C6H13NO2/c1-21(15-8-10-17(11-9-15)22-18(19)20)16-7-6-13-4-2-3-5-14(13)12-16;1-6(2,3)9-5(8)7-4/h6-12,18H,2-5H2,1H3;1-4H3,(H,7,8). The fourth-order valence-electron chi connectivity index (χ4n) is 3.26. The van der Waals surface area contributed by atoms with E-state index in [-0.39, 0.29) is 17.4 Å². The second kappa shape index (κ2) is 11.0. The largest absolute Gasteiger partial charge is 0.444 e. The summed E-state index contributed by atoms with van der Waals surface area (Å²) < 4.78 is 33.6. The number of fused-ring (bicyclic) bond motifs is 1. The van der Waals surface area contributed by atoms with Crippen LogP contribution in [-0.2, 0) is 17.6 Å². The van der Waals surface area contributed by atoms with E-state index in [4.69, 9.17) is 4.74 Å². The molecule has 1 aliphatic carbocycles. The molecule has 0 fully saturated rings. The van der Waals surface area contributed by atoms with Gasteiger partial charge < -0.3 is 19.7 Å². The number of amides is 1. The molecule has 1 amide bonds. The molecular formula is C24H32F2N2O3. The number of hydrogen-bond donors (Lipinski definition) is 1. The Morgan fingerprint density at radius 1 is 1.00 bits per heavy atom. The van der Waals surface area contributed by atoms with Gasteiger partial charge in [0.1, 0.15) is 11.4 Å². The minimum Gasteiger partial charge on any atom is -0.444 e. The topological polar surface area (TPSA) is 50.8 Å². The van der Waals surface area contributed by atoms with Gasteiger partial charge in [0.2, 0.25) is 0 Å². The van der Waals surface area contributed by atoms with Crippen molar-refractivity contribution in [3.05, 3.63) is 53.6 Å². The van der Waals surface area contributed by atoms with Crippen molar-refractivity contribution in [3.8, 4) is 5.75 Å². The fourth-order valence-corrected chi connectivity index (χ4v) is 3.26. The Labute approximate surface area is 183 Å². The van der Waals surface area contributed by atoms with Crippen molar-refractivity contribution in [3.63, 3.8) is 0 Å². The van der Waals surface area contributed by atoms with Gasteiger partial charge in [-0.25, -0.2) is 4.79 Å². The van der Waals surface area contributed by atoms with Gasteiger partial charge in [0.25, 0.3) is 0 Å². The summed E-state index contributed by atoms with van der Waals surface area (Å²) in [5, 5.41) is 2.36. The molecule has 170 valence electrons. The maximum Gasteiger partial charge on any atom is 0.407 e. The maximum absolute atomic E-state index is 12.2. The van der Waals surface area contributed by atoms with Gasteiger partial charge in [0.15, 0.2) is 0 Å². The summed E-state index contributed by atoms with van der Waals surface area (Å²) in [6.07, 6.45) is 4.44. The minimum absolute atomic E-state index is 0.178. The predicted octanol–water partition coefficient (Wildman–Crippen LogP) is 6.08. The summed E-state index contributed by atoms with van der Waals surface area (Å²) in [7, 11) is 3.52. The molecule has 31 heavy (non-hydrogen) atoms. The summed E-state index contributed by atoms with van der Waals surface area (Å²) in [6, 6.07) is 13.3. The van der Waals surface area contributed by atoms with E-state index in [9.17, 15) is 13.6 Å². The molecule has 1 N–H and O–H groups in total. The van der Waals surface area contributed by atoms with E-state index in [1.54, 1.807) is 24.3 Å². The van der Waals surface area contributed by atoms with E-state index in [1.165, 1.54) is 37.4 Å². The number of benzene rings is 2. The number of rotatable bonds is 4. The van der Waals surface area contributed by atoms with Crippen LogP contribution in [0.1, 0.15) is 44.7 Å². The van der Waals surface area contributed by atoms with Crippen molar-refractivity contribution in [2.45, 2.75) is 58.7 Å². The molecule has 0 aliphatic heterocycles. The van der Waals surface area contributed by atoms with E-state index in [2.05, 4.69) is 33.2 Å². The van der Waals surface area contributed by atoms with Gasteiger partial charge in [-0.05, 0) is 94.0 Å². The molecule has 0 saturated carbocycles. The molecule has 0 saturated heterocycles. The Bertz CT molecular complexity index is 849. The molecule has 0 aromatic heterocycles. The molecule has 2 aromatic carbocycles. The minimum atomic E-state index is -2.79. The van der Waals surface area contributed by atoms with Crippen LogP contribution in [0.5, 0.6) is 5.75 Å². The fraction of sp³-hybridized carbons (Fsp3) is 0.458. The van der Waals surface area contributed by atoms with E-state index in [0.29, 0.717) is 0 Å². The quantitative estimate of drug-likeness (QED) is 0.634. The first-order valence-electron chi connectivity index (χ1n) is 10.4. The lowest BCUT2D eigenvalue weighted by molar-refractivity contribution is -0.0498. The Balaban J connectivity index is 0.000000323. The van der Waals surface area contributed by atoms with Crippen LogP contribution < -0.4 is 15.0 Å². The highest BCUT2D eigenvalue weighted by Crippen LogP contribution is 2.30. The zero-order chi connectivity index (χ0) is 23.0. The number of halogens is 2. The SMILES string of the molecule is CN(c1ccc(OC(F)F)cc1)c1ccc2c(c1)CCCC2.CNC(=O)OC(C)(C)C. The van der Waals surface area contributed by atoms with Crippen molar-refractivity contribution in [2.24, 2.45) is 0 Å². The monoisotopic (exact) mass is 434 g/mol. The van der Waals surface area contributed by atoms with Gasteiger partial charge in [0.05, 0.1) is 0 Å². The number of alkyl carbamates (subject to hydrolysis) is 1. The average molecular weight is 435 g/mol. The lowest BCUT2D eigenvalue weighted by Crippen LogP contribution is -2.30. The summed E-state index contributed by atoms with van der Waals surface area (Å²) in [6.45, 7) is 2.68. The first kappa shape index (κ1) is 24.4. The molecule has 0 radical (unpaired) electrons. The Morgan fingerprint density at radius 3 is 2.10 bits per heavy atom. The number of alkyl halides is 2. The van der Waals surface area contributed by atoms with Crippen LogP contribution in [0.4, 0.5) is 25.0 Å². The third kappa shape index (κ3) is 8.07. The molecule has 0 unspecified atom stereocenters. The van der Waals surface area contributed by atoms with E-state index in [1.807, 2.05) is 27.8 Å². The number of carbonyl (C=O) groups is 1. The first-order chi connectivity index (χ1) is 14.6. The van der Waals surface area contributed by atoms with Gasteiger partial charge >= 0.3 is 12.7 Å². The molecule has 0 atom stereocenters. The normalized spacial score (nSPS) is 12.9. The number of carbonyl (C=O) groups excluding carboxylic acids is 1. The molecule has 3 rings (SSSR count). The van der Waals surface area contributed by atoms with Gasteiger partial charge in [-0.1, -0.05) is 6.07 Å². The first-order valence-corrected chi connectivity index (χ1v) is 10.4. The molecule has 0 spiro atoms. The number of aryl methyl sites for hydroxylation is 2. The summed E-state index contributed by atoms with van der Waals surface area (Å²) >= 11 is 0. The van der Waals surface area contributed by atoms with Gasteiger partial charge in [0, 0.05) is 25.5 Å². The molecular weight excluding hydrogens is 402 g/mol. The second-order valence-electron chi connectivity index (χ2n) is 8.34. The molecule has 0 bridgehead atoms. The Hall–Kier alpha value is -2.83. The maximum atomic E-state index is 12.2. The van der Waals surface area contributed by atoms with Crippen molar-refractivity contribution in [2.75, 3.05) is 19.0 Å². The Kier molecular flexibility index (Phi) is 8.65. The smallest absolute Gasteiger partial charge is 0.407 e. The van der Waals surface area contributed by atoms with Crippen LogP contribution in [0.15, 0.2) is 42.5 Å². The number of anilines is 2. The van der Waals surface area contributed by atoms with E-state index < -0.39 is 6.61 Å². The molecule has 7 heteroatoms. The summed E-state index contributed by atoms with van der Waals surface area (Å²) in [5.74, 6) is 0.178. The summed E-state index contributed by atoms with van der Waals surface area (Å²) in [5.41, 5.74) is 4.54. The van der Waals surface area contributed by atoms with Crippen LogP contribution in [0.25, 0.3) is 0 Å². The second-order valence-corrected chi connectivity index (χ2v) is 8.34. The summed E-state index contributed by atoms with van der Waals surface area (Å²) in [4.78, 5) is 12.6. The van der Waals surface area contributed by atoms with Gasteiger partial charge in [-0.2, -0.15) is 8.78 Å². The van der Waals surface area contributed by atoms with Gasteiger partial charge in [-0.15, -0.1) is 0 Å². The number of hydrogen-bond acceptors (Lipinski definition) is 4. The van der Waals surface area contributed by atoms with Crippen molar-refractivity contribution in [1.29, 1.82) is 0 Å². The predicted molar refractivity (Wildman–Crippen MR) is 120 cm³/mol. The van der Waals surface area contributed by atoms with Crippen LogP contribution in [0, 0.1) is 0 Å². The van der Waals surface area contributed by atoms with Crippen LogP contribution in [0.2, 0.25) is 0 Å². The molecule has 0 heterocycles. The zero-order valence-corrected chi connectivity index (χ0v) is 18.9. The van der Waals surface area contributed by atoms with Crippen molar-refractivity contribution in [1.82, 2.24) is 5.32 Å². The van der Waals surface area contributed by atoms with Crippen molar-refractivity contribution >= 4 is 17.5 Å². The molecule has 5 nitrogen and oxygen atoms in total. The lowest BCUT2D eigenvalue weighted by Gasteiger charge is -2.23. The highest BCUT2D eigenvalue weighted by Gasteiger charge is 2.14. The highest BCUT2D eigenvalue weighted by molar-refractivity contribution is 5.67. The lowest BCUT2D eigenvalue weighted by atomic mass is 9.91. The number of ether oxygens (including phenoxy) is 2. The highest BCUT2D eigenvalue weighted by atomic mass is 19.3. The van der Waals surface area contributed by atoms with Gasteiger partial charge in [-0.3, -0.25) is 0 Å². The third-order valence-corrected chi connectivity index (χ3v) is 4.77. The Morgan fingerprint density at radius 2 is 1.58 bits per heavy atom. The zero-order valence-electron chi connectivity index (χ0n) is 18.9. The van der Waals surface area contributed by atoms with E-state index in [0.717, 1.165) is 17.8 Å². The number of nitrogens with one attached hydrogen (secondary N) is 1. The van der Waals surface area contributed by atoms with Crippen LogP contribution in [0.3, 0.4) is 0 Å².